The van der Waals surface area contributed by atoms with E-state index in [1.807, 2.05) is 60.7 Å². The smallest absolute Gasteiger partial charge is 0.344 e. The second-order valence-electron chi connectivity index (χ2n) is 9.09. The van der Waals surface area contributed by atoms with E-state index in [1.54, 1.807) is 0 Å². The van der Waals surface area contributed by atoms with Gasteiger partial charge in [0.1, 0.15) is 5.75 Å². The minimum absolute atomic E-state index is 0.278. The number of hydrogen-bond donors (Lipinski definition) is 0. The molecule has 0 saturated heterocycles. The molecule has 0 aliphatic carbocycles. The first-order valence-electron chi connectivity index (χ1n) is 13.1. The SMILES string of the molecule is CCCCCc1cccc(-c2ccccc2)c1C(=O)Oc1ccccc1CCCCCCCC#N. The van der Waals surface area contributed by atoms with Crippen molar-refractivity contribution in [2.45, 2.75) is 77.6 Å². The lowest BCUT2D eigenvalue weighted by Gasteiger charge is -2.16. The van der Waals surface area contributed by atoms with Gasteiger partial charge in [-0.15, -0.1) is 0 Å². The molecule has 35 heavy (non-hydrogen) atoms. The van der Waals surface area contributed by atoms with Crippen molar-refractivity contribution >= 4 is 5.97 Å². The van der Waals surface area contributed by atoms with Crippen LogP contribution in [-0.2, 0) is 12.8 Å². The molecule has 0 amide bonds. The lowest BCUT2D eigenvalue weighted by Crippen LogP contribution is -2.14. The summed E-state index contributed by atoms with van der Waals surface area (Å²) < 4.78 is 6.08. The molecule has 0 aromatic heterocycles. The lowest BCUT2D eigenvalue weighted by molar-refractivity contribution is 0.0732. The Morgan fingerprint density at radius 1 is 0.743 bits per heavy atom. The Labute approximate surface area is 210 Å². The Hall–Kier alpha value is -3.38. The van der Waals surface area contributed by atoms with Gasteiger partial charge in [-0.25, -0.2) is 4.79 Å². The number of benzene rings is 3. The van der Waals surface area contributed by atoms with Crippen LogP contribution in [0.1, 0.15) is 86.2 Å². The molecule has 0 radical (unpaired) electrons. The number of nitrogens with zero attached hydrogens (tertiary/aromatic N) is 1. The van der Waals surface area contributed by atoms with Crippen LogP contribution in [0.25, 0.3) is 11.1 Å². The summed E-state index contributed by atoms with van der Waals surface area (Å²) in [5.74, 6) is 0.379. The van der Waals surface area contributed by atoms with Gasteiger partial charge in [0.25, 0.3) is 0 Å². The first-order chi connectivity index (χ1) is 17.2. The molecule has 182 valence electrons. The van der Waals surface area contributed by atoms with Crippen LogP contribution in [0.2, 0.25) is 0 Å². The topological polar surface area (TPSA) is 50.1 Å². The summed E-state index contributed by atoms with van der Waals surface area (Å²) in [6.07, 6.45) is 11.1. The summed E-state index contributed by atoms with van der Waals surface area (Å²) in [5.41, 5.74) is 4.77. The summed E-state index contributed by atoms with van der Waals surface area (Å²) >= 11 is 0. The molecular formula is C32H37NO2. The Morgan fingerprint density at radius 2 is 1.40 bits per heavy atom. The number of aryl methyl sites for hydroxylation is 2. The van der Waals surface area contributed by atoms with Gasteiger partial charge in [0.05, 0.1) is 11.6 Å². The fourth-order valence-electron chi connectivity index (χ4n) is 4.48. The zero-order valence-electron chi connectivity index (χ0n) is 21.0. The molecule has 3 nitrogen and oxygen atoms in total. The first-order valence-corrected chi connectivity index (χ1v) is 13.1. The summed E-state index contributed by atoms with van der Waals surface area (Å²) in [4.78, 5) is 13.6. The summed E-state index contributed by atoms with van der Waals surface area (Å²) in [6, 6.07) is 26.3. The van der Waals surface area contributed by atoms with Crippen molar-refractivity contribution in [1.29, 1.82) is 5.26 Å². The van der Waals surface area contributed by atoms with E-state index in [2.05, 4.69) is 25.1 Å². The van der Waals surface area contributed by atoms with E-state index < -0.39 is 0 Å². The van der Waals surface area contributed by atoms with Gasteiger partial charge < -0.3 is 4.74 Å². The van der Waals surface area contributed by atoms with Crippen LogP contribution >= 0.6 is 0 Å². The molecule has 3 aromatic rings. The Bertz CT molecular complexity index is 1100. The molecule has 0 N–H and O–H groups in total. The third-order valence-corrected chi connectivity index (χ3v) is 6.40. The highest BCUT2D eigenvalue weighted by Crippen LogP contribution is 2.30. The van der Waals surface area contributed by atoms with Crippen molar-refractivity contribution in [3.63, 3.8) is 0 Å². The molecule has 0 heterocycles. The number of rotatable bonds is 14. The van der Waals surface area contributed by atoms with E-state index in [-0.39, 0.29) is 5.97 Å². The largest absolute Gasteiger partial charge is 0.423 e. The van der Waals surface area contributed by atoms with Crippen molar-refractivity contribution < 1.29 is 9.53 Å². The van der Waals surface area contributed by atoms with E-state index >= 15 is 0 Å². The third kappa shape index (κ3) is 8.11. The number of carbonyl (C=O) groups excluding carboxylic acids is 1. The van der Waals surface area contributed by atoms with E-state index in [1.165, 1.54) is 0 Å². The predicted octanol–water partition coefficient (Wildman–Crippen LogP) is 8.71. The highest BCUT2D eigenvalue weighted by atomic mass is 16.5. The van der Waals surface area contributed by atoms with Crippen molar-refractivity contribution in [2.24, 2.45) is 0 Å². The predicted molar refractivity (Wildman–Crippen MR) is 144 cm³/mol. The first kappa shape index (κ1) is 26.2. The van der Waals surface area contributed by atoms with Crippen LogP contribution in [0.15, 0.2) is 72.8 Å². The van der Waals surface area contributed by atoms with Gasteiger partial charge in [0, 0.05) is 6.42 Å². The monoisotopic (exact) mass is 467 g/mol. The highest BCUT2D eigenvalue weighted by molar-refractivity contribution is 6.00. The van der Waals surface area contributed by atoms with Gasteiger partial charge in [-0.2, -0.15) is 5.26 Å². The van der Waals surface area contributed by atoms with Gasteiger partial charge >= 0.3 is 5.97 Å². The highest BCUT2D eigenvalue weighted by Gasteiger charge is 2.20. The Morgan fingerprint density at radius 3 is 2.20 bits per heavy atom. The number of para-hydroxylation sites is 1. The molecular weight excluding hydrogens is 430 g/mol. The van der Waals surface area contributed by atoms with Crippen molar-refractivity contribution in [1.82, 2.24) is 0 Å². The Balaban J connectivity index is 1.77. The van der Waals surface area contributed by atoms with Crippen molar-refractivity contribution in [3.05, 3.63) is 89.5 Å². The summed E-state index contributed by atoms with van der Waals surface area (Å²) in [7, 11) is 0. The number of esters is 1. The molecule has 0 spiro atoms. The van der Waals surface area contributed by atoms with Crippen molar-refractivity contribution in [3.8, 4) is 22.9 Å². The molecule has 0 aliphatic heterocycles. The standard InChI is InChI=1S/C32H37NO2/c1-2-3-9-21-28-22-16-23-29(26-17-11-8-12-18-26)31(28)32(34)35-30-24-14-13-20-27(30)19-10-6-4-5-7-15-25-33/h8,11-14,16-18,20,22-24H,2-7,9-10,15,19,21H2,1H3. The lowest BCUT2D eigenvalue weighted by atomic mass is 9.92. The molecule has 3 heteroatoms. The van der Waals surface area contributed by atoms with Crippen molar-refractivity contribution in [2.75, 3.05) is 0 Å². The summed E-state index contributed by atoms with van der Waals surface area (Å²) in [5, 5.41) is 8.66. The van der Waals surface area contributed by atoms with Crippen LogP contribution < -0.4 is 4.74 Å². The van der Waals surface area contributed by atoms with Crippen LogP contribution in [-0.4, -0.2) is 5.97 Å². The molecule has 0 saturated carbocycles. The van der Waals surface area contributed by atoms with Crippen LogP contribution in [0.3, 0.4) is 0 Å². The summed E-state index contributed by atoms with van der Waals surface area (Å²) in [6.45, 7) is 2.19. The molecule has 0 bridgehead atoms. The van der Waals surface area contributed by atoms with E-state index in [4.69, 9.17) is 10.00 Å². The zero-order valence-corrected chi connectivity index (χ0v) is 21.0. The number of ether oxygens (including phenoxy) is 1. The van der Waals surface area contributed by atoms with Gasteiger partial charge in [0.2, 0.25) is 0 Å². The Kier molecular flexibility index (Phi) is 11.1. The quantitative estimate of drug-likeness (QED) is 0.135. The normalized spacial score (nSPS) is 10.6. The maximum atomic E-state index is 13.6. The van der Waals surface area contributed by atoms with Gasteiger partial charge in [-0.1, -0.05) is 106 Å². The molecule has 3 rings (SSSR count). The van der Waals surface area contributed by atoms with Crippen LogP contribution in [0.5, 0.6) is 5.75 Å². The minimum Gasteiger partial charge on any atom is -0.423 e. The molecule has 0 fully saturated rings. The van der Waals surface area contributed by atoms with E-state index in [0.717, 1.165) is 86.5 Å². The van der Waals surface area contributed by atoms with Gasteiger partial charge in [0.15, 0.2) is 0 Å². The van der Waals surface area contributed by atoms with Gasteiger partial charge in [-0.3, -0.25) is 0 Å². The van der Waals surface area contributed by atoms with E-state index in [0.29, 0.717) is 17.7 Å². The maximum absolute atomic E-state index is 13.6. The fraction of sp³-hybridized carbons (Fsp3) is 0.375. The van der Waals surface area contributed by atoms with Crippen LogP contribution in [0, 0.1) is 11.3 Å². The minimum atomic E-state index is -0.278. The van der Waals surface area contributed by atoms with Gasteiger partial charge in [-0.05, 0) is 60.4 Å². The molecule has 3 aromatic carbocycles. The average molecular weight is 468 g/mol. The average Bonchev–Trinajstić information content (AvgIpc) is 2.89. The number of unbranched alkanes of at least 4 members (excludes halogenated alkanes) is 7. The number of nitriles is 1. The maximum Gasteiger partial charge on any atom is 0.344 e. The van der Waals surface area contributed by atoms with Crippen LogP contribution in [0.4, 0.5) is 0 Å². The van der Waals surface area contributed by atoms with E-state index in [9.17, 15) is 4.79 Å². The molecule has 0 unspecified atom stereocenters. The zero-order chi connectivity index (χ0) is 24.7. The second kappa shape index (κ2) is 14.8. The fourth-order valence-corrected chi connectivity index (χ4v) is 4.48. The third-order valence-electron chi connectivity index (χ3n) is 6.40. The number of carbonyl (C=O) groups is 1. The molecule has 0 atom stereocenters. The second-order valence-corrected chi connectivity index (χ2v) is 9.09. The number of hydrogen-bond acceptors (Lipinski definition) is 3. The molecule has 0 aliphatic rings.